The van der Waals surface area contributed by atoms with E-state index in [1.54, 1.807) is 47.0 Å². The summed E-state index contributed by atoms with van der Waals surface area (Å²) in [5.41, 5.74) is 19.5. The average Bonchev–Trinajstić information content (AvgIpc) is 3.62. The molecule has 3 saturated heterocycles. The van der Waals surface area contributed by atoms with Crippen LogP contribution in [0.2, 0.25) is 0 Å². The highest BCUT2D eigenvalue weighted by atomic mass is 32.2. The van der Waals surface area contributed by atoms with Crippen LogP contribution in [0.3, 0.4) is 0 Å². The molecule has 12 heteroatoms. The number of aromatic nitrogens is 3. The Labute approximate surface area is 514 Å². The quantitative estimate of drug-likeness (QED) is 0.0935. The third-order valence-electron chi connectivity index (χ3n) is 16.0. The highest BCUT2D eigenvalue weighted by Crippen LogP contribution is 2.53. The number of pyridine rings is 3. The molecule has 0 aliphatic carbocycles. The van der Waals surface area contributed by atoms with E-state index in [9.17, 15) is 0 Å². The largest absolute Gasteiger partial charge is 0.250 e. The second-order valence-corrected chi connectivity index (χ2v) is 28.1. The van der Waals surface area contributed by atoms with Gasteiger partial charge in [-0.15, -0.1) is 0 Å². The summed E-state index contributed by atoms with van der Waals surface area (Å²) in [5.74, 6) is 0.534. The van der Waals surface area contributed by atoms with Crippen molar-refractivity contribution in [2.45, 2.75) is 143 Å². The molecule has 0 bridgehead atoms. The molecular formula is C70H76N6S6. The molecule has 3 aliphatic heterocycles. The van der Waals surface area contributed by atoms with Crippen LogP contribution >= 0.6 is 70.6 Å². The number of rotatable bonds is 15. The Morgan fingerprint density at radius 3 is 1.74 bits per heavy atom. The molecule has 0 amide bonds. The van der Waals surface area contributed by atoms with E-state index >= 15 is 0 Å². The summed E-state index contributed by atoms with van der Waals surface area (Å²) in [4.78, 5) is 34.4. The topological polar surface area (TPSA) is 75.8 Å². The summed E-state index contributed by atoms with van der Waals surface area (Å²) in [6.07, 6.45) is 12.2. The van der Waals surface area contributed by atoms with Crippen molar-refractivity contribution in [3.8, 4) is 0 Å². The summed E-state index contributed by atoms with van der Waals surface area (Å²) in [6, 6.07) is 34.3. The van der Waals surface area contributed by atoms with Gasteiger partial charge in [0.1, 0.15) is 30.2 Å². The molecule has 0 N–H and O–H groups in total. The molecule has 3 aromatic heterocycles. The predicted octanol–water partition coefficient (Wildman–Crippen LogP) is 21.9. The lowest BCUT2D eigenvalue weighted by molar-refractivity contribution is 0.345. The van der Waals surface area contributed by atoms with Crippen molar-refractivity contribution in [1.82, 2.24) is 15.0 Å². The van der Waals surface area contributed by atoms with E-state index in [1.165, 1.54) is 87.1 Å². The van der Waals surface area contributed by atoms with Crippen LogP contribution < -0.4 is 0 Å². The molecule has 3 aliphatic rings. The van der Waals surface area contributed by atoms with Crippen LogP contribution in [0.5, 0.6) is 0 Å². The molecule has 0 spiro atoms. The van der Waals surface area contributed by atoms with Crippen molar-refractivity contribution < 1.29 is 0 Å². The standard InChI is InChI=1S/C70H76N6S6/c1-14-70(15-2)39-55(40-77-65-32-44(4)27-30-72-65)67(80-53(70)13)76-61-26-22-47(7)58(52(61)12)35-51(11)63-37-49(9)59(41-78-64-18-16-17-29-71-64)69(82-63)75-57-25-21-46(6)54(38-57)34-50(10)62-36-48(8)60(42-79-66-33-45(5)28-31-73-66)68(81-62)74-56-23-19-43(3)20-24-56/h16-33,38,40-42,48-49H,13-15,34-37,39H2,1-12H3/b55-40+,59-41+,60-42+,62-50+,63-51+,74-68-,75-69-,76-67-. The predicted molar refractivity (Wildman–Crippen MR) is 363 cm³/mol. The van der Waals surface area contributed by atoms with Gasteiger partial charge in [-0.05, 0) is 266 Å². The Morgan fingerprint density at radius 2 is 1.15 bits per heavy atom. The van der Waals surface area contributed by atoms with E-state index in [0.717, 1.165) is 92.2 Å². The van der Waals surface area contributed by atoms with Gasteiger partial charge in [0.05, 0.1) is 17.1 Å². The van der Waals surface area contributed by atoms with Crippen molar-refractivity contribution in [1.29, 1.82) is 0 Å². The fraction of sp³-hybridized carbons (Fsp3) is 0.314. The van der Waals surface area contributed by atoms with Crippen LogP contribution in [0.1, 0.15) is 118 Å². The Morgan fingerprint density at radius 1 is 0.585 bits per heavy atom. The highest BCUT2D eigenvalue weighted by Gasteiger charge is 2.38. The number of allylic oxidation sites excluding steroid dienone is 5. The van der Waals surface area contributed by atoms with Gasteiger partial charge in [0, 0.05) is 24.0 Å². The first-order valence-corrected chi connectivity index (χ1v) is 33.5. The van der Waals surface area contributed by atoms with E-state index < -0.39 is 0 Å². The first kappa shape index (κ1) is 61.2. The van der Waals surface area contributed by atoms with Crippen molar-refractivity contribution in [2.75, 3.05) is 0 Å². The second kappa shape index (κ2) is 28.0. The van der Waals surface area contributed by atoms with E-state index in [0.29, 0.717) is 0 Å². The minimum Gasteiger partial charge on any atom is -0.250 e. The summed E-state index contributed by atoms with van der Waals surface area (Å²) >= 11 is 10.5. The van der Waals surface area contributed by atoms with Crippen LogP contribution in [0.25, 0.3) is 0 Å². The molecule has 6 heterocycles. The van der Waals surface area contributed by atoms with E-state index in [4.69, 9.17) is 15.0 Å². The lowest BCUT2D eigenvalue weighted by Gasteiger charge is -2.39. The molecule has 2 unspecified atom stereocenters. The van der Waals surface area contributed by atoms with E-state index in [2.05, 4.69) is 206 Å². The third kappa shape index (κ3) is 15.3. The number of aliphatic imine (C=N–C) groups is 3. The monoisotopic (exact) mass is 1190 g/mol. The van der Waals surface area contributed by atoms with Gasteiger partial charge >= 0.3 is 0 Å². The minimum absolute atomic E-state index is 0.0364. The molecule has 9 rings (SSSR count). The maximum Gasteiger partial charge on any atom is 0.105 e. The summed E-state index contributed by atoms with van der Waals surface area (Å²) in [5, 5.41) is 13.0. The average molecular weight is 1190 g/mol. The van der Waals surface area contributed by atoms with Gasteiger partial charge in [0.15, 0.2) is 0 Å². The lowest BCUT2D eigenvalue weighted by Crippen LogP contribution is -2.27. The van der Waals surface area contributed by atoms with Crippen molar-refractivity contribution in [3.05, 3.63) is 226 Å². The zero-order valence-electron chi connectivity index (χ0n) is 49.6. The third-order valence-corrected chi connectivity index (χ3v) is 22.4. The number of benzene rings is 3. The van der Waals surface area contributed by atoms with Crippen molar-refractivity contribution in [2.24, 2.45) is 32.2 Å². The van der Waals surface area contributed by atoms with Crippen LogP contribution in [0, 0.1) is 58.8 Å². The SMILES string of the molecule is C=C1SC(=N\c2ccc(C)c(C/C(C)=C3\CC(C)C(=C\Sc4ccccn4)/C(=N/c4ccc(C)c(C/C(C)=C5\CC(C)C(=C\Sc6cc(C)ccn6)/C(=N/c6ccc(C)cc6)S5)c4)S3)c2C)/C(=C/Sc2cc(C)ccn2)CC1(CC)CC. The summed E-state index contributed by atoms with van der Waals surface area (Å²) in [7, 11) is 0. The first-order chi connectivity index (χ1) is 39.5. The molecule has 0 saturated carbocycles. The van der Waals surface area contributed by atoms with Gasteiger partial charge in [0.25, 0.3) is 0 Å². The molecule has 82 heavy (non-hydrogen) atoms. The molecule has 2 atom stereocenters. The smallest absolute Gasteiger partial charge is 0.105 e. The molecule has 3 fully saturated rings. The maximum atomic E-state index is 5.60. The van der Waals surface area contributed by atoms with E-state index in [1.807, 2.05) is 54.2 Å². The minimum atomic E-state index is 0.0364. The van der Waals surface area contributed by atoms with Crippen LogP contribution in [0.15, 0.2) is 211 Å². The van der Waals surface area contributed by atoms with Gasteiger partial charge in [-0.25, -0.2) is 29.9 Å². The summed E-state index contributed by atoms with van der Waals surface area (Å²) < 4.78 is 0. The number of thioether (sulfide) groups is 6. The normalized spacial score (nSPS) is 21.8. The molecule has 422 valence electrons. The van der Waals surface area contributed by atoms with Gasteiger partial charge in [0.2, 0.25) is 0 Å². The van der Waals surface area contributed by atoms with Gasteiger partial charge < -0.3 is 0 Å². The molecule has 6 aromatic rings. The van der Waals surface area contributed by atoms with E-state index in [-0.39, 0.29) is 17.3 Å². The van der Waals surface area contributed by atoms with Crippen LogP contribution in [0.4, 0.5) is 17.1 Å². The second-order valence-electron chi connectivity index (χ2n) is 22.2. The first-order valence-electron chi connectivity index (χ1n) is 28.5. The summed E-state index contributed by atoms with van der Waals surface area (Å²) in [6.45, 7) is 31.7. The Bertz CT molecular complexity index is 3620. The molecular weight excluding hydrogens is 1120 g/mol. The van der Waals surface area contributed by atoms with Crippen molar-refractivity contribution in [3.63, 3.8) is 0 Å². The fourth-order valence-electron chi connectivity index (χ4n) is 10.4. The Hall–Kier alpha value is -5.34. The molecule has 0 radical (unpaired) electrons. The maximum absolute atomic E-state index is 5.60. The number of nitrogens with zero attached hydrogens (tertiary/aromatic N) is 6. The van der Waals surface area contributed by atoms with Gasteiger partial charge in [-0.2, -0.15) is 0 Å². The number of hydrogen-bond donors (Lipinski definition) is 0. The lowest BCUT2D eigenvalue weighted by atomic mass is 9.76. The van der Waals surface area contributed by atoms with Crippen molar-refractivity contribution >= 4 is 103 Å². The Balaban J connectivity index is 1.01. The van der Waals surface area contributed by atoms with Crippen LogP contribution in [-0.2, 0) is 12.8 Å². The molecule has 6 nitrogen and oxygen atoms in total. The number of hydrogen-bond acceptors (Lipinski definition) is 12. The van der Waals surface area contributed by atoms with Gasteiger partial charge in [-0.1, -0.05) is 152 Å². The Kier molecular flexibility index (Phi) is 20.9. The number of aryl methyl sites for hydroxylation is 5. The zero-order valence-corrected chi connectivity index (χ0v) is 54.5. The zero-order chi connectivity index (χ0) is 58.1. The fourth-order valence-corrected chi connectivity index (χ4v) is 17.2. The molecule has 3 aromatic carbocycles. The highest BCUT2D eigenvalue weighted by molar-refractivity contribution is 8.18. The van der Waals surface area contributed by atoms with Gasteiger partial charge in [-0.3, -0.25) is 0 Å². The van der Waals surface area contributed by atoms with Crippen LogP contribution in [-0.4, -0.2) is 30.1 Å².